The van der Waals surface area contributed by atoms with Crippen LogP contribution in [0.1, 0.15) is 47.4 Å². The molecule has 0 saturated heterocycles. The number of aromatic nitrogens is 2. The number of nitrogens with zero attached hydrogens (tertiary/aromatic N) is 2. The van der Waals surface area contributed by atoms with Crippen molar-refractivity contribution in [2.24, 2.45) is 0 Å². The molecule has 0 aliphatic carbocycles. The van der Waals surface area contributed by atoms with Gasteiger partial charge in [0.05, 0.1) is 6.61 Å². The number of ether oxygens (including phenoxy) is 1. The summed E-state index contributed by atoms with van der Waals surface area (Å²) < 4.78 is 5.04. The van der Waals surface area contributed by atoms with Crippen LogP contribution >= 0.6 is 11.3 Å². The number of carbonyl (C=O) groups is 3. The van der Waals surface area contributed by atoms with E-state index >= 15 is 0 Å². The normalized spacial score (nSPS) is 10.2. The fraction of sp³-hybridized carbons (Fsp3) is 0.389. The maximum absolute atomic E-state index is 12.4. The summed E-state index contributed by atoms with van der Waals surface area (Å²) in [5, 5.41) is 8.39. The molecule has 0 fully saturated rings. The lowest BCUT2D eigenvalue weighted by Gasteiger charge is -2.05. The van der Waals surface area contributed by atoms with Crippen LogP contribution < -0.4 is 16.0 Å². The van der Waals surface area contributed by atoms with Crippen molar-refractivity contribution in [2.45, 2.75) is 27.2 Å². The zero-order chi connectivity index (χ0) is 20.5. The van der Waals surface area contributed by atoms with Gasteiger partial charge >= 0.3 is 12.0 Å². The summed E-state index contributed by atoms with van der Waals surface area (Å²) >= 11 is 1.06. The highest BCUT2D eigenvalue weighted by atomic mass is 32.1. The molecule has 3 amide bonds. The van der Waals surface area contributed by atoms with Gasteiger partial charge in [-0.3, -0.25) is 10.1 Å². The first-order valence-corrected chi connectivity index (χ1v) is 9.79. The number of anilines is 1. The van der Waals surface area contributed by atoms with Crippen LogP contribution in [0.25, 0.3) is 10.6 Å². The molecule has 2 aromatic rings. The van der Waals surface area contributed by atoms with E-state index in [9.17, 15) is 14.4 Å². The van der Waals surface area contributed by atoms with Gasteiger partial charge in [-0.1, -0.05) is 6.92 Å². The Morgan fingerprint density at radius 1 is 1.14 bits per heavy atom. The maximum Gasteiger partial charge on any atom is 0.350 e. The van der Waals surface area contributed by atoms with E-state index in [0.29, 0.717) is 29.5 Å². The molecule has 2 rings (SSSR count). The molecular formula is C18H23N5O4S. The fourth-order valence-corrected chi connectivity index (χ4v) is 3.12. The van der Waals surface area contributed by atoms with Gasteiger partial charge in [0.1, 0.15) is 15.7 Å². The number of nitrogens with one attached hydrogen (secondary N) is 3. The third-order valence-corrected chi connectivity index (χ3v) is 4.51. The number of thiazole rings is 1. The number of hydrogen-bond acceptors (Lipinski definition) is 7. The first-order valence-electron chi connectivity index (χ1n) is 8.97. The molecular weight excluding hydrogens is 382 g/mol. The second-order valence-corrected chi connectivity index (χ2v) is 6.59. The SMILES string of the molecule is CCCNC(=O)c1nc(-c2ccc(NC(=O)NCC)nc2)sc1C(=O)OCC. The summed E-state index contributed by atoms with van der Waals surface area (Å²) in [6.07, 6.45) is 2.28. The summed E-state index contributed by atoms with van der Waals surface area (Å²) in [6.45, 7) is 6.62. The molecule has 0 spiro atoms. The molecule has 9 nitrogen and oxygen atoms in total. The van der Waals surface area contributed by atoms with Crippen molar-refractivity contribution in [2.75, 3.05) is 25.0 Å². The van der Waals surface area contributed by atoms with Crippen LogP contribution in [0.5, 0.6) is 0 Å². The lowest BCUT2D eigenvalue weighted by atomic mass is 10.3. The van der Waals surface area contributed by atoms with Gasteiger partial charge in [0.15, 0.2) is 5.69 Å². The Morgan fingerprint density at radius 3 is 2.54 bits per heavy atom. The average Bonchev–Trinajstić information content (AvgIpc) is 3.12. The van der Waals surface area contributed by atoms with Crippen LogP contribution in [0, 0.1) is 0 Å². The smallest absolute Gasteiger partial charge is 0.350 e. The van der Waals surface area contributed by atoms with Crippen molar-refractivity contribution >= 4 is 35.1 Å². The van der Waals surface area contributed by atoms with Crippen molar-refractivity contribution in [3.8, 4) is 10.6 Å². The van der Waals surface area contributed by atoms with Gasteiger partial charge < -0.3 is 15.4 Å². The van der Waals surface area contributed by atoms with E-state index in [-0.39, 0.29) is 23.2 Å². The van der Waals surface area contributed by atoms with Crippen molar-refractivity contribution in [3.63, 3.8) is 0 Å². The summed E-state index contributed by atoms with van der Waals surface area (Å²) in [4.78, 5) is 44.8. The van der Waals surface area contributed by atoms with E-state index < -0.39 is 11.9 Å². The Balaban J connectivity index is 2.28. The minimum absolute atomic E-state index is 0.0384. The zero-order valence-electron chi connectivity index (χ0n) is 16.0. The molecule has 0 bridgehead atoms. The molecule has 150 valence electrons. The largest absolute Gasteiger partial charge is 0.462 e. The van der Waals surface area contributed by atoms with E-state index in [1.54, 1.807) is 19.1 Å². The molecule has 0 aliphatic heterocycles. The Bertz CT molecular complexity index is 835. The molecule has 0 atom stereocenters. The number of pyridine rings is 1. The quantitative estimate of drug-likeness (QED) is 0.580. The number of amides is 3. The molecule has 0 radical (unpaired) electrons. The van der Waals surface area contributed by atoms with E-state index in [1.807, 2.05) is 13.8 Å². The zero-order valence-corrected chi connectivity index (χ0v) is 16.8. The van der Waals surface area contributed by atoms with Gasteiger partial charge in [0, 0.05) is 24.8 Å². The van der Waals surface area contributed by atoms with Crippen molar-refractivity contribution in [1.82, 2.24) is 20.6 Å². The lowest BCUT2D eigenvalue weighted by Crippen LogP contribution is -2.28. The van der Waals surface area contributed by atoms with Gasteiger partial charge in [-0.2, -0.15) is 0 Å². The Hall–Kier alpha value is -3.01. The monoisotopic (exact) mass is 405 g/mol. The van der Waals surface area contributed by atoms with Crippen LogP contribution in [-0.4, -0.2) is 47.6 Å². The number of rotatable bonds is 8. The van der Waals surface area contributed by atoms with E-state index in [0.717, 1.165) is 17.8 Å². The minimum Gasteiger partial charge on any atom is -0.462 e. The molecule has 0 saturated carbocycles. The highest BCUT2D eigenvalue weighted by Crippen LogP contribution is 2.29. The number of carbonyl (C=O) groups excluding carboxylic acids is 3. The molecule has 3 N–H and O–H groups in total. The van der Waals surface area contributed by atoms with Crippen molar-refractivity contribution < 1.29 is 19.1 Å². The average molecular weight is 405 g/mol. The second kappa shape index (κ2) is 10.4. The van der Waals surface area contributed by atoms with Crippen molar-refractivity contribution in [3.05, 3.63) is 28.9 Å². The fourth-order valence-electron chi connectivity index (χ4n) is 2.17. The van der Waals surface area contributed by atoms with E-state index in [4.69, 9.17) is 4.74 Å². The molecule has 0 unspecified atom stereocenters. The van der Waals surface area contributed by atoms with Gasteiger partial charge in [0.25, 0.3) is 5.91 Å². The van der Waals surface area contributed by atoms with Crippen molar-refractivity contribution in [1.29, 1.82) is 0 Å². The highest BCUT2D eigenvalue weighted by molar-refractivity contribution is 7.17. The van der Waals surface area contributed by atoms with E-state index in [1.165, 1.54) is 6.20 Å². The van der Waals surface area contributed by atoms with Crippen LogP contribution in [0.3, 0.4) is 0 Å². The van der Waals surface area contributed by atoms with Crippen LogP contribution in [-0.2, 0) is 4.74 Å². The number of hydrogen-bond donors (Lipinski definition) is 3. The second-order valence-electron chi connectivity index (χ2n) is 5.59. The molecule has 2 aromatic heterocycles. The highest BCUT2D eigenvalue weighted by Gasteiger charge is 2.25. The topological polar surface area (TPSA) is 122 Å². The third-order valence-electron chi connectivity index (χ3n) is 3.43. The predicted octanol–water partition coefficient (Wildman–Crippen LogP) is 2.66. The van der Waals surface area contributed by atoms with Gasteiger partial charge in [-0.15, -0.1) is 11.3 Å². The summed E-state index contributed by atoms with van der Waals surface area (Å²) in [7, 11) is 0. The van der Waals surface area contributed by atoms with Gasteiger partial charge in [-0.05, 0) is 32.4 Å². The molecule has 10 heteroatoms. The summed E-state index contributed by atoms with van der Waals surface area (Å²) in [5.74, 6) is -0.636. The minimum atomic E-state index is -0.588. The summed E-state index contributed by atoms with van der Waals surface area (Å²) in [5.41, 5.74) is 0.656. The Morgan fingerprint density at radius 2 is 1.93 bits per heavy atom. The molecule has 0 aromatic carbocycles. The number of esters is 1. The van der Waals surface area contributed by atoms with Crippen LogP contribution in [0.2, 0.25) is 0 Å². The molecule has 0 aliphatic rings. The number of urea groups is 1. The van der Waals surface area contributed by atoms with Gasteiger partial charge in [0.2, 0.25) is 0 Å². The van der Waals surface area contributed by atoms with Gasteiger partial charge in [-0.25, -0.2) is 19.6 Å². The van der Waals surface area contributed by atoms with Crippen LogP contribution in [0.15, 0.2) is 18.3 Å². The van der Waals surface area contributed by atoms with E-state index in [2.05, 4.69) is 25.9 Å². The molecule has 28 heavy (non-hydrogen) atoms. The first-order chi connectivity index (χ1) is 13.5. The predicted molar refractivity (Wildman–Crippen MR) is 107 cm³/mol. The maximum atomic E-state index is 12.4. The standard InChI is InChI=1S/C18H23N5O4S/c1-4-9-20-15(24)13-14(17(25)27-6-3)28-16(23-13)11-7-8-12(21-10-11)22-18(26)19-5-2/h7-8,10H,4-6,9H2,1-3H3,(H,20,24)(H2,19,21,22,26). The van der Waals surface area contributed by atoms with Crippen LogP contribution in [0.4, 0.5) is 10.6 Å². The summed E-state index contributed by atoms with van der Waals surface area (Å²) in [6, 6.07) is 2.97. The third kappa shape index (κ3) is 5.49. The Kier molecular flexibility index (Phi) is 7.88. The first kappa shape index (κ1) is 21.3. The lowest BCUT2D eigenvalue weighted by molar-refractivity contribution is 0.0528. The Labute approximate surface area is 166 Å². The molecule has 2 heterocycles.